The van der Waals surface area contributed by atoms with Crippen molar-refractivity contribution in [2.45, 2.75) is 13.3 Å². The Morgan fingerprint density at radius 3 is 2.80 bits per heavy atom. The van der Waals surface area contributed by atoms with Crippen molar-refractivity contribution < 1.29 is 14.3 Å². The highest BCUT2D eigenvalue weighted by atomic mass is 35.5. The van der Waals surface area contributed by atoms with Crippen LogP contribution in [0.3, 0.4) is 0 Å². The molecule has 106 valence electrons. The van der Waals surface area contributed by atoms with E-state index in [0.717, 1.165) is 18.2 Å². The Morgan fingerprint density at radius 1 is 1.40 bits per heavy atom. The first kappa shape index (κ1) is 14.9. The van der Waals surface area contributed by atoms with E-state index in [9.17, 15) is 9.59 Å². The predicted octanol–water partition coefficient (Wildman–Crippen LogP) is 3.79. The quantitative estimate of drug-likeness (QED) is 0.794. The number of halogens is 1. The van der Waals surface area contributed by atoms with E-state index in [1.807, 2.05) is 6.92 Å². The van der Waals surface area contributed by atoms with Crippen LogP contribution in [-0.4, -0.2) is 29.7 Å². The number of benzene rings is 1. The summed E-state index contributed by atoms with van der Waals surface area (Å²) in [6.07, 6.45) is 2.39. The Bertz CT molecular complexity index is 586. The Kier molecular flexibility index (Phi) is 4.73. The molecule has 0 radical (unpaired) electrons. The summed E-state index contributed by atoms with van der Waals surface area (Å²) in [5, 5.41) is 0.314. The first-order valence-corrected chi connectivity index (χ1v) is 7.35. The molecule has 1 heterocycles. The van der Waals surface area contributed by atoms with Gasteiger partial charge in [0, 0.05) is 17.1 Å². The van der Waals surface area contributed by atoms with Crippen LogP contribution in [0.5, 0.6) is 5.75 Å². The fourth-order valence-corrected chi connectivity index (χ4v) is 2.91. The van der Waals surface area contributed by atoms with Gasteiger partial charge in [-0.2, -0.15) is 0 Å². The lowest BCUT2D eigenvalue weighted by atomic mass is 10.2. The third kappa shape index (κ3) is 2.99. The van der Waals surface area contributed by atoms with E-state index < -0.39 is 0 Å². The van der Waals surface area contributed by atoms with Crippen molar-refractivity contribution in [1.29, 1.82) is 0 Å². The largest absolute Gasteiger partial charge is 0.496 e. The van der Waals surface area contributed by atoms with Gasteiger partial charge in [0.25, 0.3) is 11.1 Å². The first-order valence-electron chi connectivity index (χ1n) is 6.15. The second kappa shape index (κ2) is 6.33. The second-order valence-corrected chi connectivity index (χ2v) is 5.65. The van der Waals surface area contributed by atoms with Crippen LogP contribution >= 0.6 is 23.4 Å². The lowest BCUT2D eigenvalue weighted by Crippen LogP contribution is -2.28. The Balaban J connectivity index is 2.35. The van der Waals surface area contributed by atoms with Crippen molar-refractivity contribution >= 4 is 40.6 Å². The van der Waals surface area contributed by atoms with E-state index >= 15 is 0 Å². The summed E-state index contributed by atoms with van der Waals surface area (Å²) < 4.78 is 5.22. The maximum Gasteiger partial charge on any atom is 0.293 e. The smallest absolute Gasteiger partial charge is 0.293 e. The first-order chi connectivity index (χ1) is 9.56. The van der Waals surface area contributed by atoms with E-state index in [1.165, 1.54) is 4.90 Å². The van der Waals surface area contributed by atoms with Gasteiger partial charge in [0.2, 0.25) is 0 Å². The maximum atomic E-state index is 12.1. The molecule has 0 saturated carbocycles. The molecule has 1 aliphatic heterocycles. The number of imide groups is 1. The molecule has 2 amide bonds. The highest BCUT2D eigenvalue weighted by Gasteiger charge is 2.34. The minimum atomic E-state index is -0.260. The van der Waals surface area contributed by atoms with Crippen LogP contribution in [-0.2, 0) is 4.79 Å². The van der Waals surface area contributed by atoms with Gasteiger partial charge in [-0.15, -0.1) is 0 Å². The number of methoxy groups -OCH3 is 1. The fourth-order valence-electron chi connectivity index (χ4n) is 1.88. The highest BCUT2D eigenvalue weighted by molar-refractivity contribution is 8.18. The van der Waals surface area contributed by atoms with Gasteiger partial charge in [0.05, 0.1) is 12.0 Å². The van der Waals surface area contributed by atoms with Gasteiger partial charge < -0.3 is 4.74 Å². The van der Waals surface area contributed by atoms with Crippen molar-refractivity contribution in [2.24, 2.45) is 0 Å². The van der Waals surface area contributed by atoms with E-state index in [0.29, 0.717) is 27.8 Å². The standard InChI is InChI=1S/C14H14ClNO3S/c1-3-6-16-13(17)12(20-14(16)18)8-9-7-10(15)4-5-11(9)19-2/h4-5,7-8H,3,6H2,1-2H3. The molecule has 0 unspecified atom stereocenters. The van der Waals surface area contributed by atoms with Crippen molar-refractivity contribution in [3.05, 3.63) is 33.7 Å². The molecule has 0 aromatic heterocycles. The average molecular weight is 312 g/mol. The number of carbonyl (C=O) groups excluding carboxylic acids is 2. The monoisotopic (exact) mass is 311 g/mol. The lowest BCUT2D eigenvalue weighted by molar-refractivity contribution is -0.122. The lowest BCUT2D eigenvalue weighted by Gasteiger charge is -2.09. The van der Waals surface area contributed by atoms with Gasteiger partial charge in [-0.1, -0.05) is 18.5 Å². The molecule has 20 heavy (non-hydrogen) atoms. The molecule has 1 aromatic rings. The van der Waals surface area contributed by atoms with Gasteiger partial charge in [0.1, 0.15) is 5.75 Å². The van der Waals surface area contributed by atoms with Gasteiger partial charge >= 0.3 is 0 Å². The van der Waals surface area contributed by atoms with Crippen LogP contribution in [0.4, 0.5) is 4.79 Å². The summed E-state index contributed by atoms with van der Waals surface area (Å²) in [5.74, 6) is 0.348. The predicted molar refractivity (Wildman–Crippen MR) is 81.0 cm³/mol. The summed E-state index contributed by atoms with van der Waals surface area (Å²) in [7, 11) is 1.55. The minimum absolute atomic E-state index is 0.232. The Morgan fingerprint density at radius 2 is 2.15 bits per heavy atom. The topological polar surface area (TPSA) is 46.6 Å². The van der Waals surface area contributed by atoms with Crippen molar-refractivity contribution in [1.82, 2.24) is 4.90 Å². The molecule has 0 aliphatic carbocycles. The molecule has 0 spiro atoms. The molecule has 1 saturated heterocycles. The summed E-state index contributed by atoms with van der Waals surface area (Å²) in [6, 6.07) is 5.14. The summed E-state index contributed by atoms with van der Waals surface area (Å²) >= 11 is 6.89. The van der Waals surface area contributed by atoms with E-state index in [-0.39, 0.29) is 11.1 Å². The molecule has 1 aliphatic rings. The number of ether oxygens (including phenoxy) is 1. The van der Waals surface area contributed by atoms with Crippen LogP contribution in [0.2, 0.25) is 5.02 Å². The van der Waals surface area contributed by atoms with E-state index in [2.05, 4.69) is 0 Å². The summed E-state index contributed by atoms with van der Waals surface area (Å²) in [5.41, 5.74) is 0.682. The number of amides is 2. The van der Waals surface area contributed by atoms with E-state index in [4.69, 9.17) is 16.3 Å². The van der Waals surface area contributed by atoms with Gasteiger partial charge in [0.15, 0.2) is 0 Å². The Labute approximate surface area is 126 Å². The Hall–Kier alpha value is -1.46. The van der Waals surface area contributed by atoms with Crippen LogP contribution in [0.25, 0.3) is 6.08 Å². The third-order valence-electron chi connectivity index (χ3n) is 2.80. The number of carbonyl (C=O) groups is 2. The summed E-state index contributed by atoms with van der Waals surface area (Å²) in [6.45, 7) is 2.36. The average Bonchev–Trinajstić information content (AvgIpc) is 2.67. The number of hydrogen-bond acceptors (Lipinski definition) is 4. The molecule has 1 aromatic carbocycles. The molecule has 0 bridgehead atoms. The van der Waals surface area contributed by atoms with Crippen LogP contribution in [0.15, 0.2) is 23.1 Å². The number of hydrogen-bond donors (Lipinski definition) is 0. The number of rotatable bonds is 4. The van der Waals surface area contributed by atoms with Gasteiger partial charge in [-0.05, 0) is 42.5 Å². The minimum Gasteiger partial charge on any atom is -0.496 e. The second-order valence-electron chi connectivity index (χ2n) is 4.22. The molecule has 0 atom stereocenters. The van der Waals surface area contributed by atoms with Gasteiger partial charge in [-0.3, -0.25) is 14.5 Å². The van der Waals surface area contributed by atoms with Crippen molar-refractivity contribution in [2.75, 3.05) is 13.7 Å². The number of nitrogens with zero attached hydrogens (tertiary/aromatic N) is 1. The van der Waals surface area contributed by atoms with Crippen molar-refractivity contribution in [3.63, 3.8) is 0 Å². The molecule has 4 nitrogen and oxygen atoms in total. The SMILES string of the molecule is CCCN1C(=O)SC(=Cc2cc(Cl)ccc2OC)C1=O. The molecule has 2 rings (SSSR count). The molecular weight excluding hydrogens is 298 g/mol. The zero-order valence-corrected chi connectivity index (χ0v) is 12.8. The van der Waals surface area contributed by atoms with Crippen molar-refractivity contribution in [3.8, 4) is 5.75 Å². The van der Waals surface area contributed by atoms with Crippen LogP contribution in [0.1, 0.15) is 18.9 Å². The molecule has 6 heteroatoms. The molecular formula is C14H14ClNO3S. The van der Waals surface area contributed by atoms with Crippen LogP contribution < -0.4 is 4.74 Å². The molecule has 0 N–H and O–H groups in total. The normalized spacial score (nSPS) is 17.1. The zero-order valence-electron chi connectivity index (χ0n) is 11.2. The third-order valence-corrected chi connectivity index (χ3v) is 3.94. The van der Waals surface area contributed by atoms with Crippen LogP contribution in [0, 0.1) is 0 Å². The fraction of sp³-hybridized carbons (Fsp3) is 0.286. The summed E-state index contributed by atoms with van der Waals surface area (Å²) in [4.78, 5) is 25.6. The van der Waals surface area contributed by atoms with E-state index in [1.54, 1.807) is 31.4 Å². The number of thioether (sulfide) groups is 1. The highest BCUT2D eigenvalue weighted by Crippen LogP contribution is 2.34. The maximum absolute atomic E-state index is 12.1. The van der Waals surface area contributed by atoms with Gasteiger partial charge in [-0.25, -0.2) is 0 Å². The molecule has 1 fully saturated rings. The zero-order chi connectivity index (χ0) is 14.7.